The summed E-state index contributed by atoms with van der Waals surface area (Å²) in [5.74, 6) is 1.05. The van der Waals surface area contributed by atoms with Crippen LogP contribution in [0.2, 0.25) is 0 Å². The Bertz CT molecular complexity index is 1100. The van der Waals surface area contributed by atoms with E-state index in [-0.39, 0.29) is 29.3 Å². The Balaban J connectivity index is 1.50. The summed E-state index contributed by atoms with van der Waals surface area (Å²) in [6.07, 6.45) is 7.61. The summed E-state index contributed by atoms with van der Waals surface area (Å²) >= 11 is 0. The van der Waals surface area contributed by atoms with Gasteiger partial charge in [0.05, 0.1) is 24.0 Å². The molecule has 7 nitrogen and oxygen atoms in total. The first-order valence-corrected chi connectivity index (χ1v) is 10.0. The van der Waals surface area contributed by atoms with Crippen molar-refractivity contribution in [2.45, 2.75) is 64.1 Å². The van der Waals surface area contributed by atoms with Crippen LogP contribution in [-0.4, -0.2) is 38.5 Å². The van der Waals surface area contributed by atoms with Gasteiger partial charge in [0.2, 0.25) is 0 Å². The molecule has 2 saturated heterocycles. The SMILES string of the molecule is Cc1nc(C(=O)Cc2cn3cc(C45COC(C)(C4)C5)nc3cc2OC(C)C)co1. The normalized spacial score (nSPS) is 25.6. The summed E-state index contributed by atoms with van der Waals surface area (Å²) in [6.45, 7) is 8.55. The van der Waals surface area contributed by atoms with Crippen molar-refractivity contribution in [2.24, 2.45) is 0 Å². The van der Waals surface area contributed by atoms with E-state index in [0.717, 1.165) is 36.4 Å². The fraction of sp³-hybridized carbons (Fsp3) is 0.500. The Morgan fingerprint density at radius 1 is 1.31 bits per heavy atom. The molecular formula is C22H25N3O4. The molecule has 1 aliphatic carbocycles. The minimum Gasteiger partial charge on any atom is -0.491 e. The number of ether oxygens (including phenoxy) is 2. The van der Waals surface area contributed by atoms with Gasteiger partial charge < -0.3 is 18.3 Å². The third kappa shape index (κ3) is 3.04. The molecule has 6 rings (SSSR count). The second-order valence-corrected chi connectivity index (χ2v) is 8.95. The Kier molecular flexibility index (Phi) is 3.90. The topological polar surface area (TPSA) is 78.9 Å². The van der Waals surface area contributed by atoms with Gasteiger partial charge in [-0.1, -0.05) is 0 Å². The van der Waals surface area contributed by atoms with E-state index in [1.165, 1.54) is 6.26 Å². The monoisotopic (exact) mass is 395 g/mol. The molecule has 0 unspecified atom stereocenters. The number of nitrogens with zero attached hydrogens (tertiary/aromatic N) is 3. The molecule has 0 atom stereocenters. The lowest BCUT2D eigenvalue weighted by molar-refractivity contribution is 0.0154. The van der Waals surface area contributed by atoms with Gasteiger partial charge in [0.15, 0.2) is 11.7 Å². The van der Waals surface area contributed by atoms with Crippen molar-refractivity contribution in [3.05, 3.63) is 47.6 Å². The number of oxazole rings is 1. The highest BCUT2D eigenvalue weighted by Gasteiger charge is 2.61. The Hall–Kier alpha value is -2.67. The number of hydrogen-bond donors (Lipinski definition) is 0. The van der Waals surface area contributed by atoms with E-state index < -0.39 is 0 Å². The summed E-state index contributed by atoms with van der Waals surface area (Å²) in [5.41, 5.74) is 3.04. The fourth-order valence-electron chi connectivity index (χ4n) is 4.72. The maximum atomic E-state index is 12.7. The number of aryl methyl sites for hydroxylation is 1. The second-order valence-electron chi connectivity index (χ2n) is 8.95. The van der Waals surface area contributed by atoms with Crippen LogP contribution < -0.4 is 4.74 Å². The molecule has 0 spiro atoms. The fourth-order valence-corrected chi connectivity index (χ4v) is 4.72. The van der Waals surface area contributed by atoms with E-state index in [2.05, 4.69) is 18.1 Å². The highest BCUT2D eigenvalue weighted by atomic mass is 16.5. The van der Waals surface area contributed by atoms with E-state index in [1.54, 1.807) is 6.92 Å². The van der Waals surface area contributed by atoms with Crippen LogP contribution in [0, 0.1) is 6.92 Å². The van der Waals surface area contributed by atoms with Gasteiger partial charge in [-0.2, -0.15) is 0 Å². The molecular weight excluding hydrogens is 370 g/mol. The van der Waals surface area contributed by atoms with Crippen molar-refractivity contribution >= 4 is 11.4 Å². The minimum absolute atomic E-state index is 0.00895. The highest BCUT2D eigenvalue weighted by Crippen LogP contribution is 2.58. The number of rotatable bonds is 6. The number of ketones is 1. The average molecular weight is 395 g/mol. The van der Waals surface area contributed by atoms with Gasteiger partial charge in [-0.15, -0.1) is 0 Å². The van der Waals surface area contributed by atoms with E-state index in [4.69, 9.17) is 18.9 Å². The first kappa shape index (κ1) is 18.4. The van der Waals surface area contributed by atoms with E-state index in [9.17, 15) is 4.79 Å². The van der Waals surface area contributed by atoms with Crippen LogP contribution in [0.15, 0.2) is 29.1 Å². The first-order chi connectivity index (χ1) is 13.8. The number of Topliss-reactive ketones (excluding diaryl/α,β-unsaturated/α-hetero) is 1. The molecule has 3 aliphatic rings. The molecule has 5 heterocycles. The van der Waals surface area contributed by atoms with Gasteiger partial charge in [0.1, 0.15) is 23.4 Å². The third-order valence-electron chi connectivity index (χ3n) is 5.92. The highest BCUT2D eigenvalue weighted by molar-refractivity contribution is 5.95. The summed E-state index contributed by atoms with van der Waals surface area (Å²) in [6, 6.07) is 1.92. The molecule has 2 bridgehead atoms. The van der Waals surface area contributed by atoms with Crippen LogP contribution in [-0.2, 0) is 16.6 Å². The Morgan fingerprint density at radius 3 is 2.72 bits per heavy atom. The molecule has 1 saturated carbocycles. The molecule has 0 aromatic carbocycles. The predicted molar refractivity (Wildman–Crippen MR) is 105 cm³/mol. The number of hydrogen-bond acceptors (Lipinski definition) is 6. The number of aromatic nitrogens is 3. The van der Waals surface area contributed by atoms with Crippen molar-refractivity contribution in [1.29, 1.82) is 0 Å². The quantitative estimate of drug-likeness (QED) is 0.593. The number of carbonyl (C=O) groups excluding carboxylic acids is 1. The summed E-state index contributed by atoms with van der Waals surface area (Å²) in [4.78, 5) is 21.7. The maximum absolute atomic E-state index is 12.7. The largest absolute Gasteiger partial charge is 0.491 e. The number of pyridine rings is 1. The summed E-state index contributed by atoms with van der Waals surface area (Å²) in [7, 11) is 0. The van der Waals surface area contributed by atoms with Crippen LogP contribution in [0.1, 0.15) is 61.2 Å². The van der Waals surface area contributed by atoms with Gasteiger partial charge in [-0.25, -0.2) is 9.97 Å². The van der Waals surface area contributed by atoms with Crippen molar-refractivity contribution in [3.8, 4) is 5.75 Å². The molecule has 3 aromatic heterocycles. The first-order valence-electron chi connectivity index (χ1n) is 10.0. The van der Waals surface area contributed by atoms with Crippen LogP contribution in [0.25, 0.3) is 5.65 Å². The standard InChI is InChI=1S/C22H25N3O4/c1-13(2)29-18-6-20-24-19(22-10-21(4,11-22)28-12-22)8-25(20)7-15(18)5-17(26)16-9-27-14(3)23-16/h6-9,13H,5,10-12H2,1-4H3. The summed E-state index contributed by atoms with van der Waals surface area (Å²) in [5, 5.41) is 0. The van der Waals surface area contributed by atoms with E-state index >= 15 is 0 Å². The van der Waals surface area contributed by atoms with Gasteiger partial charge in [-0.05, 0) is 33.6 Å². The van der Waals surface area contributed by atoms with Gasteiger partial charge in [0.25, 0.3) is 0 Å². The van der Waals surface area contributed by atoms with Crippen molar-refractivity contribution < 1.29 is 18.7 Å². The van der Waals surface area contributed by atoms with E-state index in [0.29, 0.717) is 17.3 Å². The smallest absolute Gasteiger partial charge is 0.191 e. The zero-order valence-corrected chi connectivity index (χ0v) is 17.2. The molecule has 29 heavy (non-hydrogen) atoms. The van der Waals surface area contributed by atoms with Gasteiger partial charge in [0, 0.05) is 42.8 Å². The van der Waals surface area contributed by atoms with Crippen LogP contribution in [0.5, 0.6) is 5.75 Å². The Morgan fingerprint density at radius 2 is 2.10 bits per heavy atom. The molecule has 3 fully saturated rings. The predicted octanol–water partition coefficient (Wildman–Crippen LogP) is 3.66. The lowest BCUT2D eigenvalue weighted by atomic mass is 9.62. The van der Waals surface area contributed by atoms with Crippen LogP contribution in [0.3, 0.4) is 0 Å². The molecule has 0 N–H and O–H groups in total. The summed E-state index contributed by atoms with van der Waals surface area (Å²) < 4.78 is 19.1. The van der Waals surface area contributed by atoms with Crippen LogP contribution in [0.4, 0.5) is 0 Å². The van der Waals surface area contributed by atoms with Crippen molar-refractivity contribution in [3.63, 3.8) is 0 Å². The maximum Gasteiger partial charge on any atom is 0.191 e. The molecule has 0 radical (unpaired) electrons. The Labute approximate surface area is 169 Å². The number of carbonyl (C=O) groups is 1. The zero-order valence-electron chi connectivity index (χ0n) is 17.2. The third-order valence-corrected chi connectivity index (χ3v) is 5.92. The lowest BCUT2D eigenvalue weighted by Gasteiger charge is -2.41. The van der Waals surface area contributed by atoms with E-state index in [1.807, 2.05) is 30.5 Å². The number of imidazole rings is 1. The zero-order chi connectivity index (χ0) is 20.4. The molecule has 152 valence electrons. The molecule has 0 amide bonds. The van der Waals surface area contributed by atoms with Crippen molar-refractivity contribution in [1.82, 2.24) is 14.4 Å². The molecule has 2 aliphatic heterocycles. The van der Waals surface area contributed by atoms with Gasteiger partial charge >= 0.3 is 0 Å². The van der Waals surface area contributed by atoms with Gasteiger partial charge in [-0.3, -0.25) is 4.79 Å². The average Bonchev–Trinajstić information content (AvgIpc) is 3.36. The molecule has 7 heteroatoms. The van der Waals surface area contributed by atoms with Crippen molar-refractivity contribution in [2.75, 3.05) is 6.61 Å². The molecule has 3 aromatic rings. The minimum atomic E-state index is -0.104. The lowest BCUT2D eigenvalue weighted by Crippen LogP contribution is -2.45. The number of fused-ring (bicyclic) bond motifs is 2. The second kappa shape index (κ2) is 6.16. The van der Waals surface area contributed by atoms with Crippen LogP contribution >= 0.6 is 0 Å².